The van der Waals surface area contributed by atoms with Gasteiger partial charge in [0.25, 0.3) is 0 Å². The van der Waals surface area contributed by atoms with Gasteiger partial charge >= 0.3 is 0 Å². The Hall–Kier alpha value is -3.64. The number of ether oxygens (including phenoxy) is 2. The molecule has 0 bridgehead atoms. The summed E-state index contributed by atoms with van der Waals surface area (Å²) in [7, 11) is 0. The molecule has 0 spiro atoms. The fraction of sp³-hybridized carbons (Fsp3) is 0.0870. The van der Waals surface area contributed by atoms with Crippen LogP contribution in [0.15, 0.2) is 48.5 Å². The average molecular weight is 487 g/mol. The molecule has 3 rings (SSSR count). The number of benzene rings is 3. The van der Waals surface area contributed by atoms with E-state index in [-0.39, 0.29) is 50.9 Å². The van der Waals surface area contributed by atoms with Gasteiger partial charge < -0.3 is 9.47 Å². The average Bonchev–Trinajstić information content (AvgIpc) is 2.78. The summed E-state index contributed by atoms with van der Waals surface area (Å²) in [6.07, 6.45) is -0.280. The van der Waals surface area contributed by atoms with Crippen molar-refractivity contribution in [3.05, 3.63) is 86.6 Å². The van der Waals surface area contributed by atoms with E-state index >= 15 is 4.39 Å². The molecule has 0 aliphatic heterocycles. The molecular weight excluding hydrogens is 470 g/mol. The smallest absolute Gasteiger partial charge is 0.221 e. The van der Waals surface area contributed by atoms with Crippen molar-refractivity contribution < 1.29 is 19.1 Å². The summed E-state index contributed by atoms with van der Waals surface area (Å²) < 4.78 is 26.0. The van der Waals surface area contributed by atoms with Gasteiger partial charge in [0.15, 0.2) is 17.5 Å². The van der Waals surface area contributed by atoms with Crippen LogP contribution in [0.25, 0.3) is 0 Å². The molecule has 0 fully saturated rings. The van der Waals surface area contributed by atoms with Crippen molar-refractivity contribution in [1.82, 2.24) is 0 Å². The maximum atomic E-state index is 15.1. The SMILES string of the molecule is Cc1ccc(NO)cc1C(=N)OC(=N)Cc1ccc(Cl)c(Oc2cc(Cl)cc(C#N)c2)c1F. The minimum absolute atomic E-state index is 0.0149. The molecule has 0 heterocycles. The summed E-state index contributed by atoms with van der Waals surface area (Å²) in [6.45, 7) is 1.74. The number of nitriles is 1. The van der Waals surface area contributed by atoms with Crippen LogP contribution in [0.3, 0.4) is 0 Å². The molecule has 0 saturated heterocycles. The van der Waals surface area contributed by atoms with Crippen LogP contribution in [-0.2, 0) is 11.2 Å². The summed E-state index contributed by atoms with van der Waals surface area (Å²) in [5.41, 5.74) is 3.67. The third-order valence-electron chi connectivity index (χ3n) is 4.54. The van der Waals surface area contributed by atoms with Gasteiger partial charge in [-0.1, -0.05) is 35.3 Å². The lowest BCUT2D eigenvalue weighted by molar-refractivity contribution is 0.389. The highest BCUT2D eigenvalue weighted by Crippen LogP contribution is 2.35. The summed E-state index contributed by atoms with van der Waals surface area (Å²) in [4.78, 5) is 0. The standard InChI is InChI=1S/C23H17Cl2FN4O3/c1-12-2-4-16(30-31)10-18(12)23(29)33-20(28)8-14-3-5-19(25)22(21(14)26)32-17-7-13(11-27)6-15(24)9-17/h2-7,9-10,28-31H,8H2,1H3. The Morgan fingerprint density at radius 3 is 2.61 bits per heavy atom. The molecule has 0 radical (unpaired) electrons. The van der Waals surface area contributed by atoms with Crippen LogP contribution in [0.2, 0.25) is 10.0 Å². The largest absolute Gasteiger partial charge is 0.453 e. The Balaban J connectivity index is 1.79. The van der Waals surface area contributed by atoms with E-state index in [1.54, 1.807) is 19.1 Å². The van der Waals surface area contributed by atoms with Gasteiger partial charge in [0.1, 0.15) is 5.75 Å². The van der Waals surface area contributed by atoms with Crippen molar-refractivity contribution in [2.45, 2.75) is 13.3 Å². The Kier molecular flexibility index (Phi) is 7.51. The van der Waals surface area contributed by atoms with Crippen molar-refractivity contribution >= 4 is 40.7 Å². The van der Waals surface area contributed by atoms with E-state index in [1.807, 2.05) is 11.5 Å². The normalized spacial score (nSPS) is 10.3. The van der Waals surface area contributed by atoms with E-state index in [1.165, 1.54) is 36.4 Å². The van der Waals surface area contributed by atoms with Crippen molar-refractivity contribution in [2.75, 3.05) is 5.48 Å². The number of halogens is 3. The number of anilines is 1. The molecule has 4 N–H and O–H groups in total. The first-order valence-corrected chi connectivity index (χ1v) is 10.2. The van der Waals surface area contributed by atoms with E-state index < -0.39 is 5.82 Å². The topological polar surface area (TPSA) is 122 Å². The highest BCUT2D eigenvalue weighted by atomic mass is 35.5. The van der Waals surface area contributed by atoms with Crippen LogP contribution in [0.4, 0.5) is 10.1 Å². The first kappa shape index (κ1) is 24.0. The van der Waals surface area contributed by atoms with Gasteiger partial charge in [-0.2, -0.15) is 5.26 Å². The number of nitrogens with zero attached hydrogens (tertiary/aromatic N) is 1. The zero-order chi connectivity index (χ0) is 24.1. The molecule has 10 heteroatoms. The van der Waals surface area contributed by atoms with Gasteiger partial charge in [0, 0.05) is 16.1 Å². The Morgan fingerprint density at radius 1 is 1.15 bits per heavy atom. The Morgan fingerprint density at radius 2 is 1.91 bits per heavy atom. The molecule has 0 atom stereocenters. The molecule has 0 unspecified atom stereocenters. The minimum Gasteiger partial charge on any atom is -0.453 e. The van der Waals surface area contributed by atoms with E-state index in [0.29, 0.717) is 16.8 Å². The molecule has 0 saturated carbocycles. The van der Waals surface area contributed by atoms with Crippen LogP contribution in [-0.4, -0.2) is 17.0 Å². The van der Waals surface area contributed by atoms with Crippen molar-refractivity contribution in [2.24, 2.45) is 0 Å². The van der Waals surface area contributed by atoms with E-state index in [2.05, 4.69) is 0 Å². The summed E-state index contributed by atoms with van der Waals surface area (Å²) in [5.74, 6) is -1.70. The van der Waals surface area contributed by atoms with Crippen LogP contribution >= 0.6 is 23.2 Å². The Labute approximate surface area is 198 Å². The third-order valence-corrected chi connectivity index (χ3v) is 5.05. The van der Waals surface area contributed by atoms with Gasteiger partial charge in [-0.15, -0.1) is 0 Å². The summed E-state index contributed by atoms with van der Waals surface area (Å²) in [5, 5.41) is 34.5. The fourth-order valence-electron chi connectivity index (χ4n) is 2.93. The van der Waals surface area contributed by atoms with Crippen LogP contribution in [0, 0.1) is 34.9 Å². The van der Waals surface area contributed by atoms with Crippen molar-refractivity contribution in [1.29, 1.82) is 16.1 Å². The molecule has 7 nitrogen and oxygen atoms in total. The molecule has 33 heavy (non-hydrogen) atoms. The second kappa shape index (κ2) is 10.3. The highest BCUT2D eigenvalue weighted by molar-refractivity contribution is 6.32. The fourth-order valence-corrected chi connectivity index (χ4v) is 3.34. The number of hydrogen-bond acceptors (Lipinski definition) is 7. The number of nitrogens with one attached hydrogen (secondary N) is 3. The van der Waals surface area contributed by atoms with Gasteiger partial charge in [0.2, 0.25) is 5.90 Å². The summed E-state index contributed by atoms with van der Waals surface area (Å²) >= 11 is 12.1. The van der Waals surface area contributed by atoms with Gasteiger partial charge in [-0.25, -0.2) is 4.39 Å². The second-order valence-electron chi connectivity index (χ2n) is 6.91. The quantitative estimate of drug-likeness (QED) is 0.180. The zero-order valence-electron chi connectivity index (χ0n) is 17.2. The van der Waals surface area contributed by atoms with Gasteiger partial charge in [-0.05, 0) is 48.9 Å². The lowest BCUT2D eigenvalue weighted by Gasteiger charge is -2.14. The van der Waals surface area contributed by atoms with E-state index in [0.717, 1.165) is 0 Å². The Bertz CT molecular complexity index is 1290. The maximum absolute atomic E-state index is 15.1. The zero-order valence-corrected chi connectivity index (χ0v) is 18.7. The molecule has 0 aromatic heterocycles. The molecule has 168 valence electrons. The molecular formula is C23H17Cl2FN4O3. The van der Waals surface area contributed by atoms with Crippen LogP contribution < -0.4 is 10.2 Å². The van der Waals surface area contributed by atoms with E-state index in [4.69, 9.17) is 54.0 Å². The number of hydrogen-bond donors (Lipinski definition) is 4. The van der Waals surface area contributed by atoms with Crippen LogP contribution in [0.5, 0.6) is 11.5 Å². The van der Waals surface area contributed by atoms with E-state index in [9.17, 15) is 0 Å². The molecule has 0 aliphatic carbocycles. The molecule has 3 aromatic rings. The van der Waals surface area contributed by atoms with Crippen LogP contribution in [0.1, 0.15) is 22.3 Å². The number of rotatable bonds is 6. The number of aryl methyl sites for hydroxylation is 1. The first-order chi connectivity index (χ1) is 15.7. The predicted octanol–water partition coefficient (Wildman–Crippen LogP) is 6.47. The molecule has 0 amide bonds. The lowest BCUT2D eigenvalue weighted by Crippen LogP contribution is -2.16. The second-order valence-corrected chi connectivity index (χ2v) is 7.76. The van der Waals surface area contributed by atoms with Gasteiger partial charge in [0.05, 0.1) is 28.8 Å². The molecule has 0 aliphatic rings. The first-order valence-electron chi connectivity index (χ1n) is 9.42. The monoisotopic (exact) mass is 486 g/mol. The maximum Gasteiger partial charge on any atom is 0.221 e. The van der Waals surface area contributed by atoms with Crippen molar-refractivity contribution in [3.8, 4) is 17.6 Å². The minimum atomic E-state index is -0.816. The van der Waals surface area contributed by atoms with Gasteiger partial charge in [-0.3, -0.25) is 21.5 Å². The summed E-state index contributed by atoms with van der Waals surface area (Å²) in [6, 6.07) is 13.7. The lowest BCUT2D eigenvalue weighted by atomic mass is 10.1. The highest BCUT2D eigenvalue weighted by Gasteiger charge is 2.18. The third kappa shape index (κ3) is 5.79. The predicted molar refractivity (Wildman–Crippen MR) is 124 cm³/mol. The molecule has 3 aromatic carbocycles. The van der Waals surface area contributed by atoms with Crippen molar-refractivity contribution in [3.63, 3.8) is 0 Å².